The smallest absolute Gasteiger partial charge is 0.190 e. The van der Waals surface area contributed by atoms with Crippen molar-refractivity contribution in [2.24, 2.45) is 16.8 Å². The first kappa shape index (κ1) is 22.8. The van der Waals surface area contributed by atoms with E-state index in [0.29, 0.717) is 5.92 Å². The zero-order valence-electron chi connectivity index (χ0n) is 17.9. The van der Waals surface area contributed by atoms with Crippen LogP contribution in [0.4, 0.5) is 0 Å². The Morgan fingerprint density at radius 1 is 1.10 bits per heavy atom. The van der Waals surface area contributed by atoms with E-state index in [-0.39, 0.29) is 30.1 Å². The summed E-state index contributed by atoms with van der Waals surface area (Å²) in [5.41, 5.74) is 2.59. The molecular weight excluding hydrogens is 475 g/mol. The Kier molecular flexibility index (Phi) is 8.62. The molecular formula is C23H37IN4O. The summed E-state index contributed by atoms with van der Waals surface area (Å²) in [6, 6.07) is 9.71. The highest BCUT2D eigenvalue weighted by molar-refractivity contribution is 14.0. The third-order valence-electron chi connectivity index (χ3n) is 6.54. The Labute approximate surface area is 193 Å². The first-order valence-electron chi connectivity index (χ1n) is 11.1. The third-order valence-corrected chi connectivity index (χ3v) is 6.54. The topological polar surface area (TPSA) is 48.9 Å². The van der Waals surface area contributed by atoms with Gasteiger partial charge in [0, 0.05) is 45.2 Å². The van der Waals surface area contributed by atoms with Crippen LogP contribution in [0.1, 0.15) is 49.3 Å². The van der Waals surface area contributed by atoms with Crippen molar-refractivity contribution in [1.29, 1.82) is 0 Å². The number of hydrogen-bond donors (Lipinski definition) is 2. The lowest BCUT2D eigenvalue weighted by Gasteiger charge is -2.32. The minimum Gasteiger partial charge on any atom is -0.373 e. The number of nitrogens with one attached hydrogen (secondary N) is 2. The summed E-state index contributed by atoms with van der Waals surface area (Å²) >= 11 is 0. The van der Waals surface area contributed by atoms with E-state index < -0.39 is 0 Å². The molecule has 1 aliphatic carbocycles. The SMILES string of the molecule is CN=C(NCC1CCN(C2CC2)C1)NCC1CCCOC1c1ccc(C)cc1.I. The quantitative estimate of drug-likeness (QED) is 0.347. The lowest BCUT2D eigenvalue weighted by Crippen LogP contribution is -2.43. The number of benzene rings is 1. The Balaban J connectivity index is 0.00000240. The van der Waals surface area contributed by atoms with Gasteiger partial charge in [0.25, 0.3) is 0 Å². The minimum absolute atomic E-state index is 0. The molecule has 3 fully saturated rings. The van der Waals surface area contributed by atoms with Crippen molar-refractivity contribution >= 4 is 29.9 Å². The van der Waals surface area contributed by atoms with Crippen LogP contribution in [0, 0.1) is 18.8 Å². The van der Waals surface area contributed by atoms with Crippen LogP contribution in [0.3, 0.4) is 0 Å². The summed E-state index contributed by atoms with van der Waals surface area (Å²) in [5, 5.41) is 7.13. The molecule has 1 aromatic carbocycles. The Morgan fingerprint density at radius 3 is 2.59 bits per heavy atom. The predicted octanol–water partition coefficient (Wildman–Crippen LogP) is 3.73. The lowest BCUT2D eigenvalue weighted by molar-refractivity contribution is -0.0265. The first-order valence-corrected chi connectivity index (χ1v) is 11.1. The largest absolute Gasteiger partial charge is 0.373 e. The van der Waals surface area contributed by atoms with Gasteiger partial charge in [-0.15, -0.1) is 24.0 Å². The van der Waals surface area contributed by atoms with Crippen LogP contribution in [-0.2, 0) is 4.74 Å². The molecule has 162 valence electrons. The minimum atomic E-state index is 0. The highest BCUT2D eigenvalue weighted by atomic mass is 127. The highest BCUT2D eigenvalue weighted by Crippen LogP contribution is 2.33. The number of halogens is 1. The molecule has 1 saturated carbocycles. The molecule has 0 amide bonds. The number of rotatable bonds is 6. The zero-order chi connectivity index (χ0) is 19.3. The first-order chi connectivity index (χ1) is 13.7. The fraction of sp³-hybridized carbons (Fsp3) is 0.696. The van der Waals surface area contributed by atoms with E-state index in [0.717, 1.165) is 44.0 Å². The van der Waals surface area contributed by atoms with Gasteiger partial charge in [-0.05, 0) is 57.1 Å². The van der Waals surface area contributed by atoms with Gasteiger partial charge in [-0.1, -0.05) is 29.8 Å². The van der Waals surface area contributed by atoms with Crippen molar-refractivity contribution < 1.29 is 4.74 Å². The van der Waals surface area contributed by atoms with Crippen LogP contribution in [-0.4, -0.2) is 56.7 Å². The fourth-order valence-corrected chi connectivity index (χ4v) is 4.67. The Bertz CT molecular complexity index is 661. The number of aryl methyl sites for hydroxylation is 1. The molecule has 29 heavy (non-hydrogen) atoms. The van der Waals surface area contributed by atoms with Gasteiger partial charge in [0.2, 0.25) is 0 Å². The van der Waals surface area contributed by atoms with Crippen molar-refractivity contribution in [2.75, 3.05) is 39.8 Å². The van der Waals surface area contributed by atoms with E-state index in [4.69, 9.17) is 4.74 Å². The second-order valence-corrected chi connectivity index (χ2v) is 8.82. The van der Waals surface area contributed by atoms with Crippen LogP contribution in [0.15, 0.2) is 29.3 Å². The Hall–Kier alpha value is -0.860. The van der Waals surface area contributed by atoms with Crippen LogP contribution in [0.5, 0.6) is 0 Å². The van der Waals surface area contributed by atoms with Crippen LogP contribution in [0.25, 0.3) is 0 Å². The molecule has 0 radical (unpaired) electrons. The van der Waals surface area contributed by atoms with E-state index in [2.05, 4.69) is 51.7 Å². The van der Waals surface area contributed by atoms with Crippen LogP contribution < -0.4 is 10.6 Å². The molecule has 1 aromatic rings. The molecule has 2 saturated heterocycles. The van der Waals surface area contributed by atoms with Gasteiger partial charge in [0.15, 0.2) is 5.96 Å². The summed E-state index contributed by atoms with van der Waals surface area (Å²) in [6.45, 7) is 7.44. The van der Waals surface area contributed by atoms with Crippen molar-refractivity contribution in [3.05, 3.63) is 35.4 Å². The van der Waals surface area contributed by atoms with Gasteiger partial charge in [-0.25, -0.2) is 0 Å². The highest BCUT2D eigenvalue weighted by Gasteiger charge is 2.34. The number of guanidine groups is 1. The van der Waals surface area contributed by atoms with Crippen molar-refractivity contribution in [1.82, 2.24) is 15.5 Å². The van der Waals surface area contributed by atoms with Gasteiger partial charge >= 0.3 is 0 Å². The van der Waals surface area contributed by atoms with Crippen molar-refractivity contribution in [3.63, 3.8) is 0 Å². The molecule has 2 aliphatic heterocycles. The second-order valence-electron chi connectivity index (χ2n) is 8.82. The van der Waals surface area contributed by atoms with E-state index >= 15 is 0 Å². The number of nitrogens with zero attached hydrogens (tertiary/aromatic N) is 2. The van der Waals surface area contributed by atoms with Crippen molar-refractivity contribution in [3.8, 4) is 0 Å². The van der Waals surface area contributed by atoms with E-state index in [1.807, 2.05) is 7.05 Å². The second kappa shape index (κ2) is 11.0. The summed E-state index contributed by atoms with van der Waals surface area (Å²) in [5.74, 6) is 2.16. The average molecular weight is 512 g/mol. The standard InChI is InChI=1S/C23H36N4O.HI/c1-17-5-7-19(8-6-17)22-20(4-3-13-28-22)15-26-23(24-2)25-14-18-11-12-27(16-18)21-9-10-21;/h5-8,18,20-22H,3-4,9-16H2,1-2H3,(H2,24,25,26);1H. The maximum Gasteiger partial charge on any atom is 0.190 e. The van der Waals surface area contributed by atoms with Gasteiger partial charge in [-0.3, -0.25) is 4.99 Å². The van der Waals surface area contributed by atoms with Gasteiger partial charge in [-0.2, -0.15) is 0 Å². The summed E-state index contributed by atoms with van der Waals surface area (Å²) in [6.07, 6.45) is 6.65. The lowest BCUT2D eigenvalue weighted by atomic mass is 9.89. The molecule has 0 bridgehead atoms. The van der Waals surface area contributed by atoms with Gasteiger partial charge < -0.3 is 20.3 Å². The summed E-state index contributed by atoms with van der Waals surface area (Å²) in [7, 11) is 1.87. The van der Waals surface area contributed by atoms with E-state index in [1.165, 1.54) is 49.9 Å². The number of ether oxygens (including phenoxy) is 1. The molecule has 3 aliphatic rings. The normalized spacial score (nSPS) is 28.1. The van der Waals surface area contributed by atoms with E-state index in [9.17, 15) is 0 Å². The molecule has 0 spiro atoms. The summed E-state index contributed by atoms with van der Waals surface area (Å²) in [4.78, 5) is 7.12. The zero-order valence-corrected chi connectivity index (χ0v) is 20.2. The third kappa shape index (κ3) is 6.31. The maximum atomic E-state index is 6.16. The molecule has 0 aromatic heterocycles. The molecule has 2 heterocycles. The Morgan fingerprint density at radius 2 is 1.86 bits per heavy atom. The number of hydrogen-bond acceptors (Lipinski definition) is 3. The van der Waals surface area contributed by atoms with Crippen LogP contribution >= 0.6 is 24.0 Å². The maximum absolute atomic E-state index is 6.16. The molecule has 3 unspecified atom stereocenters. The van der Waals surface area contributed by atoms with E-state index in [1.54, 1.807) is 0 Å². The van der Waals surface area contributed by atoms with Gasteiger partial charge in [0.1, 0.15) is 0 Å². The molecule has 4 rings (SSSR count). The van der Waals surface area contributed by atoms with Crippen LogP contribution in [0.2, 0.25) is 0 Å². The molecule has 6 heteroatoms. The summed E-state index contributed by atoms with van der Waals surface area (Å²) < 4.78 is 6.16. The monoisotopic (exact) mass is 512 g/mol. The number of likely N-dealkylation sites (tertiary alicyclic amines) is 1. The average Bonchev–Trinajstić information content (AvgIpc) is 3.47. The van der Waals surface area contributed by atoms with Crippen molar-refractivity contribution in [2.45, 2.75) is 51.2 Å². The predicted molar refractivity (Wildman–Crippen MR) is 130 cm³/mol. The fourth-order valence-electron chi connectivity index (χ4n) is 4.67. The molecule has 3 atom stereocenters. The van der Waals surface area contributed by atoms with Gasteiger partial charge in [0.05, 0.1) is 6.10 Å². The molecule has 2 N–H and O–H groups in total. The molecule has 5 nitrogen and oxygen atoms in total. The number of aliphatic imine (C=N–C) groups is 1.